The molecule has 3 N–H and O–H groups in total. The van der Waals surface area contributed by atoms with Crippen LogP contribution in [0.15, 0.2) is 24.3 Å². The van der Waals surface area contributed by atoms with Gasteiger partial charge in [-0.1, -0.05) is 12.1 Å². The van der Waals surface area contributed by atoms with Crippen LogP contribution in [0.3, 0.4) is 0 Å². The predicted octanol–water partition coefficient (Wildman–Crippen LogP) is 2.38. The molecule has 132 valence electrons. The van der Waals surface area contributed by atoms with E-state index in [4.69, 9.17) is 16.3 Å². The van der Waals surface area contributed by atoms with Crippen molar-refractivity contribution in [1.29, 1.82) is 0 Å². The number of ether oxygens (including phenoxy) is 1. The summed E-state index contributed by atoms with van der Waals surface area (Å²) in [6.45, 7) is 5.07. The second-order valence-electron chi connectivity index (χ2n) is 6.12. The van der Waals surface area contributed by atoms with Crippen LogP contribution >= 0.6 is 11.6 Å². The maximum atomic E-state index is 11.7. The number of carboxylic acid groups (broad SMARTS) is 1. The Bertz CT molecular complexity index is 595. The molecule has 1 aromatic rings. The molecule has 1 rings (SSSR count). The average molecular weight is 357 g/mol. The first-order chi connectivity index (χ1) is 11.1. The Kier molecular flexibility index (Phi) is 7.03. The van der Waals surface area contributed by atoms with E-state index in [0.717, 1.165) is 0 Å². The minimum atomic E-state index is -1.17. The summed E-state index contributed by atoms with van der Waals surface area (Å²) in [5, 5.41) is 14.2. The second kappa shape index (κ2) is 8.54. The Morgan fingerprint density at radius 1 is 1.21 bits per heavy atom. The molecule has 0 radical (unpaired) electrons. The second-order valence-corrected chi connectivity index (χ2v) is 6.39. The van der Waals surface area contributed by atoms with Gasteiger partial charge in [0.2, 0.25) is 5.91 Å². The van der Waals surface area contributed by atoms with Gasteiger partial charge in [0.15, 0.2) is 0 Å². The lowest BCUT2D eigenvalue weighted by Gasteiger charge is -2.22. The Morgan fingerprint density at radius 3 is 2.25 bits per heavy atom. The third kappa shape index (κ3) is 7.32. The number of anilines is 1. The Labute approximate surface area is 145 Å². The average Bonchev–Trinajstić information content (AvgIpc) is 2.46. The van der Waals surface area contributed by atoms with E-state index >= 15 is 0 Å². The van der Waals surface area contributed by atoms with Crippen molar-refractivity contribution in [3.8, 4) is 0 Å². The van der Waals surface area contributed by atoms with Gasteiger partial charge < -0.3 is 20.5 Å². The highest BCUT2D eigenvalue weighted by molar-refractivity contribution is 6.29. The zero-order chi connectivity index (χ0) is 18.3. The molecular weight excluding hydrogens is 336 g/mol. The minimum Gasteiger partial charge on any atom is -0.480 e. The zero-order valence-corrected chi connectivity index (χ0v) is 14.5. The van der Waals surface area contributed by atoms with E-state index in [1.165, 1.54) is 0 Å². The first-order valence-electron chi connectivity index (χ1n) is 7.28. The summed E-state index contributed by atoms with van der Waals surface area (Å²) >= 11 is 5.40. The standard InChI is InChI=1S/C16H21ClN2O5/c1-16(2,3)24-15(23)19-12(14(21)22)8-10-4-6-11(7-5-10)18-13(20)9-17/h4-7,12H,8-9H2,1-3H3,(H,18,20)(H,19,23)(H,21,22)/t12-/m0/s1. The van der Waals surface area contributed by atoms with Crippen LogP contribution in [0, 0.1) is 0 Å². The largest absolute Gasteiger partial charge is 0.480 e. The summed E-state index contributed by atoms with van der Waals surface area (Å²) in [4.78, 5) is 34.2. The van der Waals surface area contributed by atoms with Crippen molar-refractivity contribution in [2.45, 2.75) is 38.8 Å². The number of alkyl carbamates (subject to hydrolysis) is 1. The monoisotopic (exact) mass is 356 g/mol. The highest BCUT2D eigenvalue weighted by atomic mass is 35.5. The molecule has 0 fully saturated rings. The topological polar surface area (TPSA) is 105 Å². The van der Waals surface area contributed by atoms with Gasteiger partial charge in [-0.05, 0) is 38.5 Å². The van der Waals surface area contributed by atoms with Crippen molar-refractivity contribution in [1.82, 2.24) is 5.32 Å². The first-order valence-corrected chi connectivity index (χ1v) is 7.81. The smallest absolute Gasteiger partial charge is 0.408 e. The number of carbonyl (C=O) groups excluding carboxylic acids is 2. The van der Waals surface area contributed by atoms with Gasteiger partial charge in [0, 0.05) is 12.1 Å². The van der Waals surface area contributed by atoms with Crippen LogP contribution in [0.1, 0.15) is 26.3 Å². The molecule has 0 aliphatic rings. The number of amides is 2. The van der Waals surface area contributed by atoms with E-state index in [1.54, 1.807) is 45.0 Å². The van der Waals surface area contributed by atoms with E-state index in [2.05, 4.69) is 10.6 Å². The lowest BCUT2D eigenvalue weighted by Crippen LogP contribution is -2.44. The van der Waals surface area contributed by atoms with Gasteiger partial charge in [0.05, 0.1) is 0 Å². The fourth-order valence-electron chi connectivity index (χ4n) is 1.80. The Morgan fingerprint density at radius 2 is 1.79 bits per heavy atom. The summed E-state index contributed by atoms with van der Waals surface area (Å²) in [7, 11) is 0. The maximum Gasteiger partial charge on any atom is 0.408 e. The fourth-order valence-corrected chi connectivity index (χ4v) is 1.87. The number of benzene rings is 1. The molecule has 0 saturated heterocycles. The van der Waals surface area contributed by atoms with Gasteiger partial charge >= 0.3 is 12.1 Å². The van der Waals surface area contributed by atoms with Gasteiger partial charge in [-0.2, -0.15) is 0 Å². The van der Waals surface area contributed by atoms with Crippen LogP contribution < -0.4 is 10.6 Å². The number of hydrogen-bond donors (Lipinski definition) is 3. The number of nitrogens with one attached hydrogen (secondary N) is 2. The summed E-state index contributed by atoms with van der Waals surface area (Å²) < 4.78 is 5.06. The first kappa shape index (κ1) is 19.8. The lowest BCUT2D eigenvalue weighted by molar-refractivity contribution is -0.139. The van der Waals surface area contributed by atoms with E-state index < -0.39 is 23.7 Å². The van der Waals surface area contributed by atoms with E-state index in [9.17, 15) is 19.5 Å². The molecule has 7 nitrogen and oxygen atoms in total. The van der Waals surface area contributed by atoms with Crippen LogP contribution in [0.25, 0.3) is 0 Å². The minimum absolute atomic E-state index is 0.0817. The third-order valence-corrected chi connectivity index (χ3v) is 3.03. The number of halogens is 1. The molecule has 0 aromatic heterocycles. The quantitative estimate of drug-likeness (QED) is 0.679. The predicted molar refractivity (Wildman–Crippen MR) is 90.3 cm³/mol. The molecule has 0 heterocycles. The number of aliphatic carboxylic acids is 1. The Hall–Kier alpha value is -2.28. The fraction of sp³-hybridized carbons (Fsp3) is 0.438. The van der Waals surface area contributed by atoms with Crippen LogP contribution in [0.2, 0.25) is 0 Å². The summed E-state index contributed by atoms with van der Waals surface area (Å²) in [6.07, 6.45) is -0.709. The van der Waals surface area contributed by atoms with Gasteiger partial charge in [0.25, 0.3) is 0 Å². The molecule has 1 atom stereocenters. The molecule has 8 heteroatoms. The summed E-state index contributed by atoms with van der Waals surface area (Å²) in [6, 6.07) is 5.47. The van der Waals surface area contributed by atoms with E-state index in [0.29, 0.717) is 11.3 Å². The molecule has 0 aliphatic carbocycles. The van der Waals surface area contributed by atoms with Crippen LogP contribution in [0.4, 0.5) is 10.5 Å². The van der Waals surface area contributed by atoms with Crippen molar-refractivity contribution in [2.24, 2.45) is 0 Å². The number of alkyl halides is 1. The van der Waals surface area contributed by atoms with Crippen molar-refractivity contribution < 1.29 is 24.2 Å². The molecule has 1 aromatic carbocycles. The molecule has 0 spiro atoms. The molecule has 0 unspecified atom stereocenters. The molecule has 0 bridgehead atoms. The normalized spacial score (nSPS) is 12.2. The van der Waals surface area contributed by atoms with Gasteiger partial charge in [-0.25, -0.2) is 9.59 Å². The van der Waals surface area contributed by atoms with Crippen LogP contribution in [-0.4, -0.2) is 40.6 Å². The Balaban J connectivity index is 2.70. The van der Waals surface area contributed by atoms with Crippen molar-refractivity contribution in [2.75, 3.05) is 11.2 Å². The van der Waals surface area contributed by atoms with Gasteiger partial charge in [-0.3, -0.25) is 4.79 Å². The number of carboxylic acids is 1. The van der Waals surface area contributed by atoms with Crippen molar-refractivity contribution >= 4 is 35.3 Å². The lowest BCUT2D eigenvalue weighted by atomic mass is 10.1. The SMILES string of the molecule is CC(C)(C)OC(=O)N[C@@H](Cc1ccc(NC(=O)CCl)cc1)C(=O)O. The number of hydrogen-bond acceptors (Lipinski definition) is 4. The third-order valence-electron chi connectivity index (χ3n) is 2.79. The summed E-state index contributed by atoms with van der Waals surface area (Å²) in [5.74, 6) is -1.65. The number of carbonyl (C=O) groups is 3. The maximum absolute atomic E-state index is 11.7. The summed E-state index contributed by atoms with van der Waals surface area (Å²) in [5.41, 5.74) is 0.522. The molecule has 24 heavy (non-hydrogen) atoms. The molecular formula is C16H21ClN2O5. The molecule has 0 saturated carbocycles. The zero-order valence-electron chi connectivity index (χ0n) is 13.8. The molecule has 0 aliphatic heterocycles. The highest BCUT2D eigenvalue weighted by Gasteiger charge is 2.24. The number of rotatable bonds is 6. The molecule has 2 amide bonds. The van der Waals surface area contributed by atoms with E-state index in [-0.39, 0.29) is 18.2 Å². The van der Waals surface area contributed by atoms with Crippen molar-refractivity contribution in [3.63, 3.8) is 0 Å². The van der Waals surface area contributed by atoms with Crippen LogP contribution in [-0.2, 0) is 20.7 Å². The van der Waals surface area contributed by atoms with Gasteiger partial charge in [0.1, 0.15) is 17.5 Å². The van der Waals surface area contributed by atoms with Crippen LogP contribution in [0.5, 0.6) is 0 Å². The highest BCUT2D eigenvalue weighted by Crippen LogP contribution is 2.12. The van der Waals surface area contributed by atoms with Gasteiger partial charge in [-0.15, -0.1) is 11.6 Å². The van der Waals surface area contributed by atoms with E-state index in [1.807, 2.05) is 0 Å². The van der Waals surface area contributed by atoms with Crippen molar-refractivity contribution in [3.05, 3.63) is 29.8 Å².